The van der Waals surface area contributed by atoms with Crippen LogP contribution in [0.2, 0.25) is 0 Å². The van der Waals surface area contributed by atoms with E-state index in [1.54, 1.807) is 0 Å². The Balaban J connectivity index is 2.79. The molecule has 0 saturated carbocycles. The molecule has 0 aliphatic heterocycles. The molecule has 16 heavy (non-hydrogen) atoms. The second kappa shape index (κ2) is 6.54. The molecule has 1 rings (SSSR count). The van der Waals surface area contributed by atoms with E-state index in [1.807, 2.05) is 30.0 Å². The van der Waals surface area contributed by atoms with Crippen molar-refractivity contribution in [1.82, 2.24) is 9.78 Å². The SMILES string of the molecule is CCC/C=C/C=C(/Cl)c1cnn(CC)c1C. The molecule has 0 aromatic carbocycles. The van der Waals surface area contributed by atoms with Gasteiger partial charge in [-0.05, 0) is 26.3 Å². The summed E-state index contributed by atoms with van der Waals surface area (Å²) in [5, 5.41) is 5.02. The zero-order chi connectivity index (χ0) is 12.0. The smallest absolute Gasteiger partial charge is 0.0580 e. The summed E-state index contributed by atoms with van der Waals surface area (Å²) in [7, 11) is 0. The monoisotopic (exact) mass is 238 g/mol. The van der Waals surface area contributed by atoms with Crippen LogP contribution in [-0.4, -0.2) is 9.78 Å². The first-order chi connectivity index (χ1) is 7.70. The van der Waals surface area contributed by atoms with Gasteiger partial charge in [-0.15, -0.1) is 0 Å². The lowest BCUT2D eigenvalue weighted by molar-refractivity contribution is 0.639. The fraction of sp³-hybridized carbons (Fsp3) is 0.462. The first kappa shape index (κ1) is 13.0. The van der Waals surface area contributed by atoms with Crippen molar-refractivity contribution in [2.45, 2.75) is 40.2 Å². The summed E-state index contributed by atoms with van der Waals surface area (Å²) in [5.41, 5.74) is 2.14. The number of aromatic nitrogens is 2. The minimum atomic E-state index is 0.754. The maximum absolute atomic E-state index is 6.22. The molecule has 0 N–H and O–H groups in total. The van der Waals surface area contributed by atoms with Crippen LogP contribution in [0.5, 0.6) is 0 Å². The molecule has 1 aromatic rings. The Morgan fingerprint density at radius 1 is 1.50 bits per heavy atom. The Labute approximate surface area is 103 Å². The number of allylic oxidation sites excluding steroid dienone is 3. The third-order valence-corrected chi connectivity index (χ3v) is 2.82. The van der Waals surface area contributed by atoms with Crippen molar-refractivity contribution in [2.24, 2.45) is 0 Å². The minimum absolute atomic E-state index is 0.754. The second-order valence-corrected chi connectivity index (χ2v) is 4.10. The summed E-state index contributed by atoms with van der Waals surface area (Å²) in [6, 6.07) is 0. The standard InChI is InChI=1S/C13H19ClN2/c1-4-6-7-8-9-13(14)12-10-15-16(5-2)11(12)3/h7-10H,4-6H2,1-3H3/b8-7+,13-9+. The molecule has 0 aliphatic carbocycles. The van der Waals surface area contributed by atoms with E-state index in [0.29, 0.717) is 0 Å². The van der Waals surface area contributed by atoms with Crippen molar-refractivity contribution in [3.05, 3.63) is 35.7 Å². The third-order valence-electron chi connectivity index (χ3n) is 2.49. The van der Waals surface area contributed by atoms with Gasteiger partial charge in [-0.1, -0.05) is 37.1 Å². The highest BCUT2D eigenvalue weighted by Gasteiger charge is 2.06. The van der Waals surface area contributed by atoms with Crippen LogP contribution in [-0.2, 0) is 6.54 Å². The van der Waals surface area contributed by atoms with Gasteiger partial charge in [-0.3, -0.25) is 4.68 Å². The number of hydrogen-bond acceptors (Lipinski definition) is 1. The fourth-order valence-electron chi connectivity index (χ4n) is 1.50. The van der Waals surface area contributed by atoms with Crippen molar-refractivity contribution in [1.29, 1.82) is 0 Å². The van der Waals surface area contributed by atoms with E-state index in [1.165, 1.54) is 0 Å². The van der Waals surface area contributed by atoms with Crippen LogP contribution >= 0.6 is 11.6 Å². The minimum Gasteiger partial charge on any atom is -0.269 e. The van der Waals surface area contributed by atoms with Gasteiger partial charge in [0, 0.05) is 17.8 Å². The molecule has 0 amide bonds. The molecule has 2 nitrogen and oxygen atoms in total. The van der Waals surface area contributed by atoms with Crippen molar-refractivity contribution in [3.63, 3.8) is 0 Å². The van der Waals surface area contributed by atoms with Gasteiger partial charge in [0.1, 0.15) is 0 Å². The molecule has 3 heteroatoms. The van der Waals surface area contributed by atoms with E-state index in [4.69, 9.17) is 11.6 Å². The molecule has 0 radical (unpaired) electrons. The second-order valence-electron chi connectivity index (χ2n) is 3.69. The lowest BCUT2D eigenvalue weighted by Crippen LogP contribution is -1.98. The summed E-state index contributed by atoms with van der Waals surface area (Å²) in [5.74, 6) is 0. The van der Waals surface area contributed by atoms with Crippen molar-refractivity contribution >= 4 is 16.6 Å². The van der Waals surface area contributed by atoms with Crippen molar-refractivity contribution < 1.29 is 0 Å². The van der Waals surface area contributed by atoms with Crippen molar-refractivity contribution in [2.75, 3.05) is 0 Å². The highest BCUT2D eigenvalue weighted by Crippen LogP contribution is 2.22. The molecule has 88 valence electrons. The van der Waals surface area contributed by atoms with Crippen LogP contribution in [0.4, 0.5) is 0 Å². The van der Waals surface area contributed by atoms with E-state index >= 15 is 0 Å². The van der Waals surface area contributed by atoms with Gasteiger partial charge in [-0.2, -0.15) is 5.10 Å². The van der Waals surface area contributed by atoms with E-state index in [9.17, 15) is 0 Å². The maximum Gasteiger partial charge on any atom is 0.0580 e. The van der Waals surface area contributed by atoms with E-state index in [2.05, 4.69) is 25.0 Å². The Morgan fingerprint density at radius 2 is 2.25 bits per heavy atom. The van der Waals surface area contributed by atoms with Gasteiger partial charge in [0.25, 0.3) is 0 Å². The van der Waals surface area contributed by atoms with E-state index < -0.39 is 0 Å². The summed E-state index contributed by atoms with van der Waals surface area (Å²) >= 11 is 6.22. The van der Waals surface area contributed by atoms with E-state index in [0.717, 1.165) is 35.7 Å². The van der Waals surface area contributed by atoms with E-state index in [-0.39, 0.29) is 0 Å². The summed E-state index contributed by atoms with van der Waals surface area (Å²) in [4.78, 5) is 0. The number of nitrogens with zero attached hydrogens (tertiary/aromatic N) is 2. The fourth-order valence-corrected chi connectivity index (χ4v) is 1.76. The molecular weight excluding hydrogens is 220 g/mol. The van der Waals surface area contributed by atoms with Crippen LogP contribution in [0.15, 0.2) is 24.4 Å². The van der Waals surface area contributed by atoms with Crippen LogP contribution < -0.4 is 0 Å². The average molecular weight is 239 g/mol. The van der Waals surface area contributed by atoms with Gasteiger partial charge >= 0.3 is 0 Å². The summed E-state index contributed by atoms with van der Waals surface area (Å²) in [6.45, 7) is 7.15. The topological polar surface area (TPSA) is 17.8 Å². The highest BCUT2D eigenvalue weighted by atomic mass is 35.5. The number of unbranched alkanes of at least 4 members (excludes halogenated alkanes) is 1. The molecule has 0 saturated heterocycles. The quantitative estimate of drug-likeness (QED) is 0.705. The molecule has 1 aromatic heterocycles. The first-order valence-corrected chi connectivity index (χ1v) is 6.13. The van der Waals surface area contributed by atoms with Crippen molar-refractivity contribution in [3.8, 4) is 0 Å². The highest BCUT2D eigenvalue weighted by molar-refractivity contribution is 6.49. The van der Waals surface area contributed by atoms with Gasteiger partial charge in [0.2, 0.25) is 0 Å². The van der Waals surface area contributed by atoms with Gasteiger partial charge in [0.15, 0.2) is 0 Å². The van der Waals surface area contributed by atoms with Crippen LogP contribution in [0.1, 0.15) is 37.9 Å². The lowest BCUT2D eigenvalue weighted by Gasteiger charge is -2.00. The molecule has 0 atom stereocenters. The van der Waals surface area contributed by atoms with Gasteiger partial charge in [-0.25, -0.2) is 0 Å². The number of hydrogen-bond donors (Lipinski definition) is 0. The summed E-state index contributed by atoms with van der Waals surface area (Å²) in [6.07, 6.45) is 10.1. The number of rotatable bonds is 5. The van der Waals surface area contributed by atoms with Crippen LogP contribution in [0, 0.1) is 6.92 Å². The van der Waals surface area contributed by atoms with Crippen LogP contribution in [0.25, 0.3) is 5.03 Å². The predicted molar refractivity (Wildman–Crippen MR) is 70.5 cm³/mol. The zero-order valence-corrected chi connectivity index (χ0v) is 11.0. The summed E-state index contributed by atoms with van der Waals surface area (Å²) < 4.78 is 1.95. The van der Waals surface area contributed by atoms with Crippen LogP contribution in [0.3, 0.4) is 0 Å². The Kier molecular flexibility index (Phi) is 5.33. The molecule has 0 unspecified atom stereocenters. The molecule has 0 aliphatic rings. The Hall–Kier alpha value is -1.02. The third kappa shape index (κ3) is 3.24. The maximum atomic E-state index is 6.22. The van der Waals surface area contributed by atoms with Gasteiger partial charge in [0.05, 0.1) is 11.2 Å². The molecule has 0 bridgehead atoms. The molecule has 0 fully saturated rings. The largest absolute Gasteiger partial charge is 0.269 e. The average Bonchev–Trinajstić information content (AvgIpc) is 2.65. The van der Waals surface area contributed by atoms with Gasteiger partial charge < -0.3 is 0 Å². The molecular formula is C13H19ClN2. The molecule has 0 spiro atoms. The number of aryl methyl sites for hydroxylation is 1. The zero-order valence-electron chi connectivity index (χ0n) is 10.2. The lowest BCUT2D eigenvalue weighted by atomic mass is 10.2. The normalized spacial score (nSPS) is 12.6. The molecule has 1 heterocycles. The Morgan fingerprint density at radius 3 is 2.81 bits per heavy atom. The predicted octanol–water partition coefficient (Wildman–Crippen LogP) is 4.15. The Bertz CT molecular complexity index is 389. The first-order valence-electron chi connectivity index (χ1n) is 5.75. The number of halogens is 1.